The molecule has 2 N–H and O–H groups in total. The van der Waals surface area contributed by atoms with Gasteiger partial charge in [0.1, 0.15) is 6.07 Å². The van der Waals surface area contributed by atoms with Gasteiger partial charge in [-0.1, -0.05) is 30.3 Å². The zero-order valence-electron chi connectivity index (χ0n) is 11.8. The van der Waals surface area contributed by atoms with Crippen molar-refractivity contribution in [3.8, 4) is 6.07 Å². The van der Waals surface area contributed by atoms with Crippen molar-refractivity contribution < 1.29 is 10.0 Å². The Hall–Kier alpha value is -2.91. The lowest BCUT2D eigenvalue weighted by atomic mass is 10.1. The summed E-state index contributed by atoms with van der Waals surface area (Å²) in [6.07, 6.45) is -0.132. The van der Waals surface area contributed by atoms with Gasteiger partial charge in [-0.25, -0.2) is 0 Å². The number of rotatable bonds is 6. The second-order valence-corrected chi connectivity index (χ2v) is 4.82. The van der Waals surface area contributed by atoms with Crippen molar-refractivity contribution in [3.63, 3.8) is 0 Å². The Labute approximate surface area is 127 Å². The number of nitrogens with zero attached hydrogens (tertiary/aromatic N) is 2. The molecular weight excluding hydrogens is 282 g/mol. The van der Waals surface area contributed by atoms with Crippen LogP contribution in [0.25, 0.3) is 0 Å². The van der Waals surface area contributed by atoms with Gasteiger partial charge in [0.25, 0.3) is 5.69 Å². The second-order valence-electron chi connectivity index (χ2n) is 4.82. The zero-order chi connectivity index (χ0) is 15.9. The number of benzene rings is 2. The summed E-state index contributed by atoms with van der Waals surface area (Å²) in [6, 6.07) is 15.5. The van der Waals surface area contributed by atoms with Crippen molar-refractivity contribution in [1.82, 2.24) is 0 Å². The van der Waals surface area contributed by atoms with Gasteiger partial charge in [-0.05, 0) is 11.6 Å². The fraction of sp³-hybridized carbons (Fsp3) is 0.188. The Morgan fingerprint density at radius 1 is 1.27 bits per heavy atom. The van der Waals surface area contributed by atoms with Crippen LogP contribution in [0.3, 0.4) is 0 Å². The van der Waals surface area contributed by atoms with E-state index in [1.54, 1.807) is 0 Å². The summed E-state index contributed by atoms with van der Waals surface area (Å²) in [6.45, 7) is 0.251. The van der Waals surface area contributed by atoms with Gasteiger partial charge < -0.3 is 10.4 Å². The lowest BCUT2D eigenvalue weighted by Gasteiger charge is -2.13. The Balaban J connectivity index is 1.99. The maximum Gasteiger partial charge on any atom is 0.270 e. The number of nitrogens with one attached hydrogen (secondary N) is 1. The molecule has 1 atom stereocenters. The molecule has 2 aromatic carbocycles. The summed E-state index contributed by atoms with van der Waals surface area (Å²) in [5, 5.41) is 32.7. The van der Waals surface area contributed by atoms with Crippen LogP contribution in [0.15, 0.2) is 48.5 Å². The lowest BCUT2D eigenvalue weighted by Crippen LogP contribution is -2.22. The first kappa shape index (κ1) is 15.5. The van der Waals surface area contributed by atoms with E-state index in [1.807, 2.05) is 36.4 Å². The zero-order valence-corrected chi connectivity index (χ0v) is 11.8. The molecule has 0 spiro atoms. The van der Waals surface area contributed by atoms with Gasteiger partial charge >= 0.3 is 0 Å². The summed E-state index contributed by atoms with van der Waals surface area (Å²) in [5.41, 5.74) is 1.54. The third-order valence-corrected chi connectivity index (χ3v) is 3.18. The van der Waals surface area contributed by atoms with Gasteiger partial charge in [-0.15, -0.1) is 0 Å². The van der Waals surface area contributed by atoms with Crippen LogP contribution in [0.4, 0.5) is 11.4 Å². The first-order chi connectivity index (χ1) is 10.6. The molecule has 0 aliphatic rings. The highest BCUT2D eigenvalue weighted by Gasteiger charge is 2.12. The molecule has 0 amide bonds. The first-order valence-corrected chi connectivity index (χ1v) is 6.74. The van der Waals surface area contributed by atoms with E-state index in [2.05, 4.69) is 5.32 Å². The number of hydrogen-bond donors (Lipinski definition) is 2. The molecule has 0 saturated heterocycles. The average Bonchev–Trinajstić information content (AvgIpc) is 2.53. The first-order valence-electron chi connectivity index (χ1n) is 6.74. The van der Waals surface area contributed by atoms with Crippen LogP contribution in [-0.2, 0) is 6.42 Å². The standard InChI is InChI=1S/C16H15N3O3/c17-10-13-9-14(19(21)22)6-7-16(13)18-11-15(20)8-12-4-2-1-3-5-12/h1-7,9,15,18,20H,8,11H2. The van der Waals surface area contributed by atoms with Crippen LogP contribution in [0.1, 0.15) is 11.1 Å². The van der Waals surface area contributed by atoms with E-state index in [9.17, 15) is 15.2 Å². The molecule has 0 heterocycles. The van der Waals surface area contributed by atoms with E-state index in [1.165, 1.54) is 18.2 Å². The summed E-state index contributed by atoms with van der Waals surface area (Å²) in [5.74, 6) is 0. The average molecular weight is 297 g/mol. The number of hydrogen-bond acceptors (Lipinski definition) is 5. The quantitative estimate of drug-likeness (QED) is 0.630. The fourth-order valence-corrected chi connectivity index (χ4v) is 2.08. The fourth-order valence-electron chi connectivity index (χ4n) is 2.08. The predicted molar refractivity (Wildman–Crippen MR) is 82.5 cm³/mol. The second kappa shape index (κ2) is 7.20. The summed E-state index contributed by atoms with van der Waals surface area (Å²) >= 11 is 0. The molecule has 2 rings (SSSR count). The van der Waals surface area contributed by atoms with Gasteiger partial charge in [0.15, 0.2) is 0 Å². The smallest absolute Gasteiger partial charge is 0.270 e. The topological polar surface area (TPSA) is 99.2 Å². The molecule has 2 aromatic rings. The highest BCUT2D eigenvalue weighted by Crippen LogP contribution is 2.21. The van der Waals surface area contributed by atoms with Crippen molar-refractivity contribution >= 4 is 11.4 Å². The molecule has 1 unspecified atom stereocenters. The lowest BCUT2D eigenvalue weighted by molar-refractivity contribution is -0.384. The SMILES string of the molecule is N#Cc1cc([N+](=O)[O-])ccc1NCC(O)Cc1ccccc1. The minimum absolute atomic E-state index is 0.132. The molecule has 6 heteroatoms. The number of nitro benzene ring substituents is 1. The van der Waals surface area contributed by atoms with Gasteiger partial charge in [0.05, 0.1) is 22.3 Å². The largest absolute Gasteiger partial charge is 0.391 e. The minimum atomic E-state index is -0.621. The third kappa shape index (κ3) is 4.04. The molecule has 0 aliphatic heterocycles. The van der Waals surface area contributed by atoms with Crippen LogP contribution >= 0.6 is 0 Å². The summed E-state index contributed by atoms with van der Waals surface area (Å²) in [7, 11) is 0. The van der Waals surface area contributed by atoms with E-state index in [0.717, 1.165) is 5.56 Å². The Morgan fingerprint density at radius 3 is 2.64 bits per heavy atom. The monoisotopic (exact) mass is 297 g/mol. The van der Waals surface area contributed by atoms with Crippen LogP contribution in [0.5, 0.6) is 0 Å². The number of nitriles is 1. The summed E-state index contributed by atoms with van der Waals surface area (Å²) in [4.78, 5) is 10.1. The number of aliphatic hydroxyl groups is 1. The van der Waals surface area contributed by atoms with Crippen LogP contribution < -0.4 is 5.32 Å². The van der Waals surface area contributed by atoms with Crippen molar-refractivity contribution in [1.29, 1.82) is 5.26 Å². The molecule has 0 fully saturated rings. The maximum absolute atomic E-state index is 10.7. The van der Waals surface area contributed by atoms with Crippen molar-refractivity contribution in [2.75, 3.05) is 11.9 Å². The van der Waals surface area contributed by atoms with Crippen LogP contribution in [0.2, 0.25) is 0 Å². The molecular formula is C16H15N3O3. The normalized spacial score (nSPS) is 11.5. The van der Waals surface area contributed by atoms with Gasteiger partial charge in [0, 0.05) is 25.1 Å². The third-order valence-electron chi connectivity index (χ3n) is 3.18. The highest BCUT2D eigenvalue weighted by molar-refractivity contribution is 5.61. The van der Waals surface area contributed by atoms with Crippen molar-refractivity contribution in [2.24, 2.45) is 0 Å². The number of anilines is 1. The van der Waals surface area contributed by atoms with Gasteiger partial charge in [0.2, 0.25) is 0 Å². The molecule has 0 radical (unpaired) electrons. The summed E-state index contributed by atoms with van der Waals surface area (Å²) < 4.78 is 0. The number of nitro groups is 1. The molecule has 0 aliphatic carbocycles. The van der Waals surface area contributed by atoms with E-state index in [-0.39, 0.29) is 17.8 Å². The molecule has 6 nitrogen and oxygen atoms in total. The predicted octanol–water partition coefficient (Wildman–Crippen LogP) is 2.48. The number of aliphatic hydroxyl groups excluding tert-OH is 1. The molecule has 0 bridgehead atoms. The van der Waals surface area contributed by atoms with E-state index >= 15 is 0 Å². The van der Waals surface area contributed by atoms with Crippen LogP contribution in [-0.4, -0.2) is 22.7 Å². The number of non-ortho nitro benzene ring substituents is 1. The molecule has 112 valence electrons. The Morgan fingerprint density at radius 2 is 2.00 bits per heavy atom. The maximum atomic E-state index is 10.7. The Bertz CT molecular complexity index is 696. The van der Waals surface area contributed by atoms with Crippen molar-refractivity contribution in [2.45, 2.75) is 12.5 Å². The Kier molecular flexibility index (Phi) is 5.07. The van der Waals surface area contributed by atoms with Crippen LogP contribution in [0, 0.1) is 21.4 Å². The minimum Gasteiger partial charge on any atom is -0.391 e. The molecule has 22 heavy (non-hydrogen) atoms. The van der Waals surface area contributed by atoms with Crippen molar-refractivity contribution in [3.05, 3.63) is 69.8 Å². The highest BCUT2D eigenvalue weighted by atomic mass is 16.6. The van der Waals surface area contributed by atoms with Gasteiger partial charge in [-0.2, -0.15) is 5.26 Å². The molecule has 0 aromatic heterocycles. The van der Waals surface area contributed by atoms with E-state index in [0.29, 0.717) is 12.1 Å². The van der Waals surface area contributed by atoms with Gasteiger partial charge in [-0.3, -0.25) is 10.1 Å². The van der Waals surface area contributed by atoms with E-state index in [4.69, 9.17) is 5.26 Å². The molecule has 0 saturated carbocycles. The van der Waals surface area contributed by atoms with E-state index < -0.39 is 11.0 Å².